The number of anilines is 1. The third-order valence-electron chi connectivity index (χ3n) is 3.95. The van der Waals surface area contributed by atoms with Crippen LogP contribution >= 0.6 is 11.3 Å². The zero-order valence-electron chi connectivity index (χ0n) is 12.8. The van der Waals surface area contributed by atoms with Crippen LogP contribution in [0.2, 0.25) is 0 Å². The molecule has 2 atom stereocenters. The Bertz CT molecular complexity index is 486. The van der Waals surface area contributed by atoms with Gasteiger partial charge in [-0.25, -0.2) is 4.79 Å². The van der Waals surface area contributed by atoms with Crippen molar-refractivity contribution in [3.8, 4) is 0 Å². The van der Waals surface area contributed by atoms with Gasteiger partial charge in [0.25, 0.3) is 0 Å². The number of rotatable bonds is 1. The first kappa shape index (κ1) is 14.6. The number of carbonyl (C=O) groups is 1. The molecule has 7 heteroatoms. The second-order valence-electron chi connectivity index (χ2n) is 6.75. The highest BCUT2D eigenvalue weighted by atomic mass is 32.1. The number of piperidine rings is 1. The minimum Gasteiger partial charge on any atom is -0.444 e. The maximum absolute atomic E-state index is 12.5. The van der Waals surface area contributed by atoms with E-state index in [2.05, 4.69) is 15.1 Å². The topological polar surface area (TPSA) is 58.6 Å². The van der Waals surface area contributed by atoms with Crippen LogP contribution in [0.3, 0.4) is 0 Å². The Morgan fingerprint density at radius 1 is 1.33 bits per heavy atom. The fourth-order valence-electron chi connectivity index (χ4n) is 3.18. The smallest absolute Gasteiger partial charge is 0.410 e. The van der Waals surface area contributed by atoms with Gasteiger partial charge in [-0.05, 0) is 40.0 Å². The van der Waals surface area contributed by atoms with Crippen molar-refractivity contribution in [3.63, 3.8) is 0 Å². The Hall–Kier alpha value is -1.37. The fourth-order valence-corrected chi connectivity index (χ4v) is 3.76. The van der Waals surface area contributed by atoms with Crippen molar-refractivity contribution in [3.05, 3.63) is 5.51 Å². The lowest BCUT2D eigenvalue weighted by atomic mass is 9.92. The van der Waals surface area contributed by atoms with Crippen molar-refractivity contribution in [2.75, 3.05) is 18.0 Å². The molecule has 0 aromatic carbocycles. The zero-order chi connectivity index (χ0) is 15.0. The molecule has 6 nitrogen and oxygen atoms in total. The summed E-state index contributed by atoms with van der Waals surface area (Å²) in [5.41, 5.74) is 1.31. The van der Waals surface area contributed by atoms with Gasteiger partial charge in [-0.1, -0.05) is 11.3 Å². The highest BCUT2D eigenvalue weighted by Crippen LogP contribution is 2.32. The van der Waals surface area contributed by atoms with Crippen LogP contribution in [0.4, 0.5) is 9.93 Å². The molecule has 3 heterocycles. The Labute approximate surface area is 129 Å². The molecule has 2 fully saturated rings. The molecule has 1 amide bonds. The van der Waals surface area contributed by atoms with Gasteiger partial charge in [-0.2, -0.15) is 0 Å². The lowest BCUT2D eigenvalue weighted by molar-refractivity contribution is -0.00970. The average molecular weight is 310 g/mol. The minimum absolute atomic E-state index is 0.172. The highest BCUT2D eigenvalue weighted by molar-refractivity contribution is 7.13. The molecule has 0 radical (unpaired) electrons. The monoisotopic (exact) mass is 310 g/mol. The van der Waals surface area contributed by atoms with Gasteiger partial charge in [-0.3, -0.25) is 4.90 Å². The fraction of sp³-hybridized carbons (Fsp3) is 0.786. The summed E-state index contributed by atoms with van der Waals surface area (Å²) in [6.45, 7) is 7.39. The van der Waals surface area contributed by atoms with Crippen molar-refractivity contribution < 1.29 is 9.53 Å². The summed E-state index contributed by atoms with van der Waals surface area (Å²) < 4.78 is 5.58. The molecule has 2 aliphatic rings. The SMILES string of the molecule is CC(C)(C)OC(=O)N1C2CCCC1CN(c1nncs1)C2. The maximum Gasteiger partial charge on any atom is 0.410 e. The standard InChI is InChI=1S/C14H22N4O2S/c1-14(2,3)20-13(19)18-10-5-4-6-11(18)8-17(7-10)12-16-15-9-21-12/h9-11H,4-8H2,1-3H3. The number of carbonyl (C=O) groups excluding carboxylic acids is 1. The maximum atomic E-state index is 12.5. The Balaban J connectivity index is 1.74. The lowest BCUT2D eigenvalue weighted by Crippen LogP contribution is -2.63. The molecule has 0 saturated carbocycles. The third kappa shape index (κ3) is 3.12. The largest absolute Gasteiger partial charge is 0.444 e. The number of ether oxygens (including phenoxy) is 1. The van der Waals surface area contributed by atoms with Gasteiger partial charge in [-0.15, -0.1) is 10.2 Å². The molecular formula is C14H22N4O2S. The second-order valence-corrected chi connectivity index (χ2v) is 7.56. The molecule has 2 aliphatic heterocycles. The number of nitrogens with zero attached hydrogens (tertiary/aromatic N) is 4. The predicted molar refractivity (Wildman–Crippen MR) is 81.6 cm³/mol. The summed E-state index contributed by atoms with van der Waals surface area (Å²) in [4.78, 5) is 16.7. The Kier molecular flexibility index (Phi) is 3.77. The number of hydrogen-bond donors (Lipinski definition) is 0. The molecule has 2 saturated heterocycles. The lowest BCUT2D eigenvalue weighted by Gasteiger charge is -2.49. The summed E-state index contributed by atoms with van der Waals surface area (Å²) in [6.07, 6.45) is 3.07. The molecule has 0 N–H and O–H groups in total. The Morgan fingerprint density at radius 2 is 2.00 bits per heavy atom. The van der Waals surface area contributed by atoms with E-state index in [0.29, 0.717) is 0 Å². The molecule has 116 valence electrons. The van der Waals surface area contributed by atoms with Crippen molar-refractivity contribution in [2.24, 2.45) is 0 Å². The van der Waals surface area contributed by atoms with E-state index in [1.165, 1.54) is 6.42 Å². The number of aromatic nitrogens is 2. The molecule has 0 aliphatic carbocycles. The van der Waals surface area contributed by atoms with Crippen LogP contribution in [-0.4, -0.2) is 52.0 Å². The minimum atomic E-state index is -0.443. The van der Waals surface area contributed by atoms with Crippen molar-refractivity contribution in [2.45, 2.75) is 57.7 Å². The van der Waals surface area contributed by atoms with E-state index in [-0.39, 0.29) is 18.2 Å². The van der Waals surface area contributed by atoms with Gasteiger partial charge in [0.05, 0.1) is 12.1 Å². The summed E-state index contributed by atoms with van der Waals surface area (Å²) >= 11 is 1.56. The predicted octanol–water partition coefficient (Wildman–Crippen LogP) is 2.52. The van der Waals surface area contributed by atoms with Crippen LogP contribution in [0.1, 0.15) is 40.0 Å². The zero-order valence-corrected chi connectivity index (χ0v) is 13.6. The van der Waals surface area contributed by atoms with E-state index < -0.39 is 5.60 Å². The van der Waals surface area contributed by atoms with E-state index in [1.807, 2.05) is 25.7 Å². The number of piperazine rings is 1. The van der Waals surface area contributed by atoms with Gasteiger partial charge in [0, 0.05) is 13.1 Å². The van der Waals surface area contributed by atoms with Crippen LogP contribution in [0, 0.1) is 0 Å². The number of hydrogen-bond acceptors (Lipinski definition) is 6. The molecular weight excluding hydrogens is 288 g/mol. The summed E-state index contributed by atoms with van der Waals surface area (Å²) in [5, 5.41) is 9.03. The van der Waals surface area contributed by atoms with E-state index in [1.54, 1.807) is 16.8 Å². The van der Waals surface area contributed by atoms with E-state index in [0.717, 1.165) is 31.1 Å². The first-order valence-corrected chi connectivity index (χ1v) is 8.34. The van der Waals surface area contributed by atoms with Crippen molar-refractivity contribution in [1.82, 2.24) is 15.1 Å². The molecule has 2 unspecified atom stereocenters. The number of fused-ring (bicyclic) bond motifs is 2. The summed E-state index contributed by atoms with van der Waals surface area (Å²) in [6, 6.07) is 0.437. The normalized spacial score (nSPS) is 25.9. The van der Waals surface area contributed by atoms with E-state index in [9.17, 15) is 4.79 Å². The third-order valence-corrected chi connectivity index (χ3v) is 4.70. The quantitative estimate of drug-likeness (QED) is 0.797. The van der Waals surface area contributed by atoms with Gasteiger partial charge in [0.2, 0.25) is 5.13 Å². The highest BCUT2D eigenvalue weighted by Gasteiger charge is 2.42. The second kappa shape index (κ2) is 5.44. The van der Waals surface area contributed by atoms with Crippen molar-refractivity contribution in [1.29, 1.82) is 0 Å². The van der Waals surface area contributed by atoms with Gasteiger partial charge >= 0.3 is 6.09 Å². The molecule has 21 heavy (non-hydrogen) atoms. The molecule has 0 spiro atoms. The van der Waals surface area contributed by atoms with Crippen LogP contribution in [0.15, 0.2) is 5.51 Å². The summed E-state index contributed by atoms with van der Waals surface area (Å²) in [7, 11) is 0. The Morgan fingerprint density at radius 3 is 2.52 bits per heavy atom. The van der Waals surface area contributed by atoms with Crippen LogP contribution < -0.4 is 4.90 Å². The number of amides is 1. The van der Waals surface area contributed by atoms with Gasteiger partial charge in [0.15, 0.2) is 0 Å². The van der Waals surface area contributed by atoms with Crippen LogP contribution in [-0.2, 0) is 4.74 Å². The first-order chi connectivity index (χ1) is 9.94. The molecule has 1 aromatic rings. The summed E-state index contributed by atoms with van der Waals surface area (Å²) in [5.74, 6) is 0. The molecule has 2 bridgehead atoms. The average Bonchev–Trinajstić information content (AvgIpc) is 2.88. The van der Waals surface area contributed by atoms with Gasteiger partial charge < -0.3 is 9.64 Å². The van der Waals surface area contributed by atoms with Crippen LogP contribution in [0.5, 0.6) is 0 Å². The van der Waals surface area contributed by atoms with E-state index >= 15 is 0 Å². The van der Waals surface area contributed by atoms with Crippen LogP contribution in [0.25, 0.3) is 0 Å². The van der Waals surface area contributed by atoms with E-state index in [4.69, 9.17) is 4.74 Å². The molecule has 1 aromatic heterocycles. The molecule has 3 rings (SSSR count). The van der Waals surface area contributed by atoms with Crippen molar-refractivity contribution >= 4 is 22.6 Å². The first-order valence-electron chi connectivity index (χ1n) is 7.46. The van der Waals surface area contributed by atoms with Gasteiger partial charge in [0.1, 0.15) is 11.1 Å².